The normalized spacial score (nSPS) is 17.0. The van der Waals surface area contributed by atoms with Crippen molar-refractivity contribution in [2.45, 2.75) is 45.2 Å². The van der Waals surface area contributed by atoms with Gasteiger partial charge < -0.3 is 9.84 Å². The lowest BCUT2D eigenvalue weighted by Gasteiger charge is -2.22. The molecule has 0 saturated carbocycles. The first-order valence-corrected chi connectivity index (χ1v) is 8.31. The van der Waals surface area contributed by atoms with Gasteiger partial charge in [0.1, 0.15) is 11.5 Å². The smallest absolute Gasteiger partial charge is 0.226 e. The average Bonchev–Trinajstić information content (AvgIpc) is 3.20. The van der Waals surface area contributed by atoms with Crippen LogP contribution in [-0.4, -0.2) is 25.8 Å². The summed E-state index contributed by atoms with van der Waals surface area (Å²) in [5.41, 5.74) is 1.36. The van der Waals surface area contributed by atoms with Gasteiger partial charge in [-0.3, -0.25) is 4.79 Å². The molecule has 0 radical (unpaired) electrons. The minimum Gasteiger partial charge on any atom is -0.356 e. The molecule has 3 heterocycles. The fraction of sp³-hybridized carbons (Fsp3) is 0.412. The second-order valence-electron chi connectivity index (χ2n) is 6.03. The highest BCUT2D eigenvalue weighted by atomic mass is 16.5. The molecule has 0 spiro atoms. The fourth-order valence-corrected chi connectivity index (χ4v) is 3.15. The van der Waals surface area contributed by atoms with Crippen LogP contribution in [0.5, 0.6) is 0 Å². The lowest BCUT2D eigenvalue weighted by atomic mass is 10.1. The minimum atomic E-state index is -0.0859. The number of rotatable bonds is 4. The number of fused-ring (bicyclic) bond motifs is 2. The third kappa shape index (κ3) is 2.66. The van der Waals surface area contributed by atoms with Crippen molar-refractivity contribution in [3.63, 3.8) is 0 Å². The van der Waals surface area contributed by atoms with Crippen molar-refractivity contribution in [1.29, 1.82) is 0 Å². The van der Waals surface area contributed by atoms with Crippen molar-refractivity contribution >= 4 is 16.9 Å². The van der Waals surface area contributed by atoms with Crippen molar-refractivity contribution in [3.05, 3.63) is 41.6 Å². The van der Waals surface area contributed by atoms with E-state index in [1.54, 1.807) is 0 Å². The van der Waals surface area contributed by atoms with Crippen molar-refractivity contribution in [2.75, 3.05) is 0 Å². The summed E-state index contributed by atoms with van der Waals surface area (Å²) in [6, 6.07) is 7.48. The topological polar surface area (TPSA) is 85.8 Å². The van der Waals surface area contributed by atoms with E-state index in [-0.39, 0.29) is 18.4 Å². The molecule has 2 aromatic heterocycles. The quantitative estimate of drug-likeness (QED) is 0.794. The number of nitrogens with zero attached hydrogens (tertiary/aromatic N) is 4. The van der Waals surface area contributed by atoms with E-state index in [0.29, 0.717) is 11.3 Å². The number of carbonyl (C=O) groups excluding carboxylic acids is 1. The lowest BCUT2D eigenvalue weighted by molar-refractivity contribution is -0.121. The van der Waals surface area contributed by atoms with Gasteiger partial charge >= 0.3 is 0 Å². The van der Waals surface area contributed by atoms with E-state index in [9.17, 15) is 4.79 Å². The van der Waals surface area contributed by atoms with Crippen LogP contribution in [0, 0.1) is 0 Å². The first-order chi connectivity index (χ1) is 11.7. The number of aromatic nitrogens is 4. The number of nitrogens with one attached hydrogen (secondary N) is 1. The Bertz CT molecular complexity index is 882. The van der Waals surface area contributed by atoms with Crippen LogP contribution < -0.4 is 5.32 Å². The second kappa shape index (κ2) is 6.07. The predicted octanol–water partition coefficient (Wildman–Crippen LogP) is 2.18. The van der Waals surface area contributed by atoms with Gasteiger partial charge in [-0.15, -0.1) is 0 Å². The molecule has 0 aliphatic carbocycles. The van der Waals surface area contributed by atoms with Gasteiger partial charge in [-0.25, -0.2) is 9.67 Å². The van der Waals surface area contributed by atoms with Crippen LogP contribution >= 0.6 is 0 Å². The number of hydrogen-bond donors (Lipinski definition) is 1. The highest BCUT2D eigenvalue weighted by molar-refractivity contribution is 5.86. The van der Waals surface area contributed by atoms with Gasteiger partial charge in [0.15, 0.2) is 11.4 Å². The molecule has 124 valence electrons. The molecule has 1 atom stereocenters. The highest BCUT2D eigenvalue weighted by Crippen LogP contribution is 2.24. The molecule has 1 amide bonds. The summed E-state index contributed by atoms with van der Waals surface area (Å²) in [6.45, 7) is 2.90. The third-order valence-electron chi connectivity index (χ3n) is 4.35. The standard InChI is InChI=1S/C17H19N5O2/c1-2-15-19-17-12(7-5-9-22(17)20-15)18-16(23)10-13-11-6-3-4-8-14(11)24-21-13/h3-4,6,8,12H,2,5,7,9-10H2,1H3,(H,18,23). The van der Waals surface area contributed by atoms with Crippen LogP contribution in [0.1, 0.15) is 43.1 Å². The zero-order valence-electron chi connectivity index (χ0n) is 13.5. The van der Waals surface area contributed by atoms with E-state index >= 15 is 0 Å². The first kappa shape index (κ1) is 14.9. The van der Waals surface area contributed by atoms with Gasteiger partial charge in [0.2, 0.25) is 5.91 Å². The Hall–Kier alpha value is -2.70. The largest absolute Gasteiger partial charge is 0.356 e. The molecule has 7 heteroatoms. The number of carbonyl (C=O) groups is 1. The van der Waals surface area contributed by atoms with Crippen molar-refractivity contribution < 1.29 is 9.32 Å². The first-order valence-electron chi connectivity index (χ1n) is 8.31. The zero-order valence-corrected chi connectivity index (χ0v) is 13.5. The molecule has 3 aromatic rings. The van der Waals surface area contributed by atoms with E-state index in [2.05, 4.69) is 20.6 Å². The third-order valence-corrected chi connectivity index (χ3v) is 4.35. The molecule has 1 N–H and O–H groups in total. The maximum Gasteiger partial charge on any atom is 0.226 e. The van der Waals surface area contributed by atoms with E-state index in [1.165, 1.54) is 0 Å². The maximum absolute atomic E-state index is 12.5. The molecule has 4 rings (SSSR count). The Morgan fingerprint density at radius 1 is 1.42 bits per heavy atom. The van der Waals surface area contributed by atoms with E-state index in [4.69, 9.17) is 4.52 Å². The summed E-state index contributed by atoms with van der Waals surface area (Å²) >= 11 is 0. The second-order valence-corrected chi connectivity index (χ2v) is 6.03. The highest BCUT2D eigenvalue weighted by Gasteiger charge is 2.26. The summed E-state index contributed by atoms with van der Waals surface area (Å²) in [6.07, 6.45) is 2.86. The molecule has 1 aliphatic rings. The Labute approximate surface area is 139 Å². The van der Waals surface area contributed by atoms with Crippen molar-refractivity contribution in [2.24, 2.45) is 0 Å². The Balaban J connectivity index is 1.50. The molecule has 0 fully saturated rings. The van der Waals surface area contributed by atoms with E-state index in [1.807, 2.05) is 35.9 Å². The Morgan fingerprint density at radius 2 is 2.29 bits per heavy atom. The summed E-state index contributed by atoms with van der Waals surface area (Å²) in [5.74, 6) is 1.61. The van der Waals surface area contributed by atoms with Crippen LogP contribution in [0.3, 0.4) is 0 Å². The number of para-hydroxylation sites is 1. The zero-order chi connectivity index (χ0) is 16.5. The van der Waals surface area contributed by atoms with Crippen LogP contribution in [0.4, 0.5) is 0 Å². The lowest BCUT2D eigenvalue weighted by Crippen LogP contribution is -2.34. The number of amides is 1. The predicted molar refractivity (Wildman–Crippen MR) is 87.2 cm³/mol. The summed E-state index contributed by atoms with van der Waals surface area (Å²) in [4.78, 5) is 17.0. The molecule has 0 bridgehead atoms. The van der Waals surface area contributed by atoms with Crippen LogP contribution in [0.15, 0.2) is 28.8 Å². The Kier molecular flexibility index (Phi) is 3.76. The van der Waals surface area contributed by atoms with E-state index < -0.39 is 0 Å². The molecule has 1 aliphatic heterocycles. The molecule has 1 aromatic carbocycles. The molecular formula is C17H19N5O2. The van der Waals surface area contributed by atoms with Gasteiger partial charge in [-0.2, -0.15) is 5.10 Å². The molecule has 24 heavy (non-hydrogen) atoms. The molecule has 7 nitrogen and oxygen atoms in total. The summed E-state index contributed by atoms with van der Waals surface area (Å²) < 4.78 is 7.17. The molecule has 1 unspecified atom stereocenters. The minimum absolute atomic E-state index is 0.0754. The SMILES string of the molecule is CCc1nc2n(n1)CCCC2NC(=O)Cc1noc2ccccc12. The fourth-order valence-electron chi connectivity index (χ4n) is 3.15. The van der Waals surface area contributed by atoms with E-state index in [0.717, 1.165) is 42.8 Å². The van der Waals surface area contributed by atoms with Gasteiger partial charge in [0.25, 0.3) is 0 Å². The van der Waals surface area contributed by atoms with Crippen LogP contribution in [0.2, 0.25) is 0 Å². The van der Waals surface area contributed by atoms with Crippen LogP contribution in [-0.2, 0) is 24.2 Å². The van der Waals surface area contributed by atoms with Gasteiger partial charge in [0, 0.05) is 18.4 Å². The average molecular weight is 325 g/mol. The van der Waals surface area contributed by atoms with Gasteiger partial charge in [0.05, 0.1) is 12.5 Å². The van der Waals surface area contributed by atoms with Crippen LogP contribution in [0.25, 0.3) is 11.0 Å². The molecule has 0 saturated heterocycles. The number of benzene rings is 1. The number of aryl methyl sites for hydroxylation is 2. The molecular weight excluding hydrogens is 306 g/mol. The van der Waals surface area contributed by atoms with Crippen molar-refractivity contribution in [1.82, 2.24) is 25.2 Å². The summed E-state index contributed by atoms with van der Waals surface area (Å²) in [7, 11) is 0. The number of hydrogen-bond acceptors (Lipinski definition) is 5. The van der Waals surface area contributed by atoms with Gasteiger partial charge in [-0.1, -0.05) is 24.2 Å². The van der Waals surface area contributed by atoms with Crippen molar-refractivity contribution in [3.8, 4) is 0 Å². The van der Waals surface area contributed by atoms with Gasteiger partial charge in [-0.05, 0) is 25.0 Å². The summed E-state index contributed by atoms with van der Waals surface area (Å²) in [5, 5.41) is 12.4. The maximum atomic E-state index is 12.5. The Morgan fingerprint density at radius 3 is 3.17 bits per heavy atom. The monoisotopic (exact) mass is 325 g/mol.